The molecule has 1 amide bonds. The van der Waals surface area contributed by atoms with Gasteiger partial charge in [0.2, 0.25) is 0 Å². The second-order valence-corrected chi connectivity index (χ2v) is 7.16. The number of amides is 1. The number of hydrogen-bond donors (Lipinski definition) is 2. The number of nitrogens with two attached hydrogens (primary N) is 1. The lowest BCUT2D eigenvalue weighted by Gasteiger charge is -2.41. The Labute approximate surface area is 166 Å². The van der Waals surface area contributed by atoms with E-state index in [2.05, 4.69) is 20.5 Å². The van der Waals surface area contributed by atoms with Gasteiger partial charge in [-0.3, -0.25) is 9.78 Å². The minimum atomic E-state index is -0.844. The van der Waals surface area contributed by atoms with E-state index < -0.39 is 11.7 Å². The van der Waals surface area contributed by atoms with Gasteiger partial charge in [0.05, 0.1) is 17.0 Å². The number of aromatic nitrogens is 3. The van der Waals surface area contributed by atoms with Gasteiger partial charge >= 0.3 is 0 Å². The van der Waals surface area contributed by atoms with E-state index in [9.17, 15) is 13.6 Å². The minimum absolute atomic E-state index is 0.145. The van der Waals surface area contributed by atoms with E-state index in [1.165, 1.54) is 24.3 Å². The van der Waals surface area contributed by atoms with Crippen LogP contribution < -0.4 is 11.1 Å². The molecule has 1 fully saturated rings. The first-order valence-electron chi connectivity index (χ1n) is 9.27. The highest BCUT2D eigenvalue weighted by atomic mass is 19.1. The summed E-state index contributed by atoms with van der Waals surface area (Å²) >= 11 is 0. The third-order valence-electron chi connectivity index (χ3n) is 5.38. The molecule has 0 aliphatic heterocycles. The van der Waals surface area contributed by atoms with Crippen LogP contribution in [-0.2, 0) is 5.41 Å². The number of benzene rings is 1. The molecule has 0 saturated heterocycles. The second-order valence-electron chi connectivity index (χ2n) is 7.16. The van der Waals surface area contributed by atoms with Crippen LogP contribution in [0.5, 0.6) is 0 Å². The van der Waals surface area contributed by atoms with Crippen molar-refractivity contribution in [3.8, 4) is 11.3 Å². The van der Waals surface area contributed by atoms with Gasteiger partial charge in [-0.15, -0.1) is 10.2 Å². The third-order valence-corrected chi connectivity index (χ3v) is 5.38. The Kier molecular flexibility index (Phi) is 4.92. The quantitative estimate of drug-likeness (QED) is 0.667. The normalized spacial score (nSPS) is 14.8. The smallest absolute Gasteiger partial charge is 0.251 e. The summed E-state index contributed by atoms with van der Waals surface area (Å²) in [6.45, 7) is 0.473. The summed E-state index contributed by atoms with van der Waals surface area (Å²) in [4.78, 5) is 15.6. The number of nitrogens with zero attached hydrogens (tertiary/aromatic N) is 3. The summed E-state index contributed by atoms with van der Waals surface area (Å²) in [5.74, 6) is -1.39. The lowest BCUT2D eigenvalue weighted by Crippen LogP contribution is -2.42. The van der Waals surface area contributed by atoms with Crippen molar-refractivity contribution in [1.29, 1.82) is 0 Å². The molecule has 29 heavy (non-hydrogen) atoms. The lowest BCUT2D eigenvalue weighted by atomic mass is 9.66. The van der Waals surface area contributed by atoms with Gasteiger partial charge in [-0.05, 0) is 49.2 Å². The van der Waals surface area contributed by atoms with Gasteiger partial charge in [-0.25, -0.2) is 8.78 Å². The van der Waals surface area contributed by atoms with E-state index in [1.807, 2.05) is 0 Å². The number of carbonyl (C=O) groups excluding carboxylic acids is 1. The Morgan fingerprint density at radius 1 is 1.10 bits per heavy atom. The Bertz CT molecular complexity index is 1050. The van der Waals surface area contributed by atoms with Gasteiger partial charge in [0.1, 0.15) is 17.5 Å². The number of pyridine rings is 1. The largest absolute Gasteiger partial charge is 0.368 e. The standard InChI is InChI=1S/C21H19F2N5O/c22-15-6-2-11-25-19(15)21(9-3-10-21)12-26-17-8-7-16(27-28-17)13-4-1-5-14(18(13)23)20(24)29/h1-2,4-8,11H,3,9-10,12H2,(H2,24,29)(H,26,28). The van der Waals surface area contributed by atoms with Gasteiger partial charge in [0.25, 0.3) is 5.91 Å². The maximum atomic E-state index is 14.5. The molecule has 3 aromatic rings. The van der Waals surface area contributed by atoms with E-state index in [4.69, 9.17) is 5.73 Å². The molecular formula is C21H19F2N5O. The highest BCUT2D eigenvalue weighted by Crippen LogP contribution is 2.43. The topological polar surface area (TPSA) is 93.8 Å². The Morgan fingerprint density at radius 3 is 2.55 bits per heavy atom. The number of carbonyl (C=O) groups is 1. The zero-order chi connectivity index (χ0) is 20.4. The van der Waals surface area contributed by atoms with Gasteiger partial charge in [-0.2, -0.15) is 0 Å². The predicted octanol–water partition coefficient (Wildman–Crippen LogP) is 3.45. The van der Waals surface area contributed by atoms with Crippen LogP contribution in [0, 0.1) is 11.6 Å². The number of anilines is 1. The van der Waals surface area contributed by atoms with Crippen molar-refractivity contribution in [2.45, 2.75) is 24.7 Å². The molecule has 0 bridgehead atoms. The molecule has 1 aliphatic rings. The highest BCUT2D eigenvalue weighted by Gasteiger charge is 2.41. The molecule has 1 aromatic carbocycles. The van der Waals surface area contributed by atoms with Crippen molar-refractivity contribution in [2.75, 3.05) is 11.9 Å². The van der Waals surface area contributed by atoms with Crippen molar-refractivity contribution in [1.82, 2.24) is 15.2 Å². The maximum absolute atomic E-state index is 14.5. The molecule has 2 aromatic heterocycles. The van der Waals surface area contributed by atoms with Crippen molar-refractivity contribution in [3.63, 3.8) is 0 Å². The number of hydrogen-bond acceptors (Lipinski definition) is 5. The molecule has 1 aliphatic carbocycles. The molecule has 0 atom stereocenters. The first-order valence-corrected chi connectivity index (χ1v) is 9.27. The van der Waals surface area contributed by atoms with Crippen LogP contribution in [0.2, 0.25) is 0 Å². The fourth-order valence-corrected chi connectivity index (χ4v) is 3.63. The van der Waals surface area contributed by atoms with Crippen molar-refractivity contribution < 1.29 is 13.6 Å². The van der Waals surface area contributed by atoms with Gasteiger partial charge < -0.3 is 11.1 Å². The van der Waals surface area contributed by atoms with Crippen molar-refractivity contribution in [3.05, 3.63) is 71.6 Å². The van der Waals surface area contributed by atoms with E-state index in [1.54, 1.807) is 24.4 Å². The number of rotatable bonds is 6. The Morgan fingerprint density at radius 2 is 1.93 bits per heavy atom. The van der Waals surface area contributed by atoms with Crippen LogP contribution in [0.4, 0.5) is 14.6 Å². The first kappa shape index (κ1) is 18.9. The number of halogens is 2. The molecule has 148 valence electrons. The highest BCUT2D eigenvalue weighted by molar-refractivity contribution is 5.94. The van der Waals surface area contributed by atoms with Crippen LogP contribution in [0.3, 0.4) is 0 Å². The number of nitrogens with one attached hydrogen (secondary N) is 1. The Balaban J connectivity index is 1.52. The van der Waals surface area contributed by atoms with E-state index in [0.29, 0.717) is 18.1 Å². The maximum Gasteiger partial charge on any atom is 0.251 e. The molecule has 0 spiro atoms. The predicted molar refractivity (Wildman–Crippen MR) is 104 cm³/mol. The van der Waals surface area contributed by atoms with Crippen LogP contribution in [0.15, 0.2) is 48.7 Å². The molecule has 0 unspecified atom stereocenters. The molecule has 2 heterocycles. The molecule has 4 rings (SSSR count). The first-order chi connectivity index (χ1) is 14.0. The van der Waals surface area contributed by atoms with E-state index in [-0.39, 0.29) is 28.1 Å². The average Bonchev–Trinajstić information content (AvgIpc) is 2.69. The van der Waals surface area contributed by atoms with Crippen molar-refractivity contribution >= 4 is 11.7 Å². The van der Waals surface area contributed by atoms with Crippen LogP contribution in [-0.4, -0.2) is 27.6 Å². The minimum Gasteiger partial charge on any atom is -0.368 e. The SMILES string of the molecule is NC(=O)c1cccc(-c2ccc(NCC3(c4ncccc4F)CCC3)nn2)c1F. The summed E-state index contributed by atoms with van der Waals surface area (Å²) in [6.07, 6.45) is 4.29. The van der Waals surface area contributed by atoms with E-state index in [0.717, 1.165) is 19.3 Å². The summed E-state index contributed by atoms with van der Waals surface area (Å²) in [5, 5.41) is 11.3. The van der Waals surface area contributed by atoms with Gasteiger partial charge in [0.15, 0.2) is 0 Å². The molecular weight excluding hydrogens is 376 g/mol. The molecule has 6 nitrogen and oxygen atoms in total. The molecule has 0 radical (unpaired) electrons. The second kappa shape index (κ2) is 7.54. The summed E-state index contributed by atoms with van der Waals surface area (Å²) in [5.41, 5.74) is 5.51. The zero-order valence-electron chi connectivity index (χ0n) is 15.5. The lowest BCUT2D eigenvalue weighted by molar-refractivity contribution is 0.0996. The fraction of sp³-hybridized carbons (Fsp3) is 0.238. The zero-order valence-corrected chi connectivity index (χ0v) is 15.5. The molecule has 8 heteroatoms. The van der Waals surface area contributed by atoms with Crippen LogP contribution in [0.25, 0.3) is 11.3 Å². The average molecular weight is 395 g/mol. The van der Waals surface area contributed by atoms with Crippen LogP contribution >= 0.6 is 0 Å². The van der Waals surface area contributed by atoms with E-state index >= 15 is 0 Å². The van der Waals surface area contributed by atoms with Crippen LogP contribution in [0.1, 0.15) is 35.3 Å². The van der Waals surface area contributed by atoms with Gasteiger partial charge in [0, 0.05) is 23.7 Å². The number of primary amides is 1. The van der Waals surface area contributed by atoms with Gasteiger partial charge in [-0.1, -0.05) is 12.5 Å². The monoisotopic (exact) mass is 395 g/mol. The summed E-state index contributed by atoms with van der Waals surface area (Å²) in [6, 6.07) is 10.6. The third kappa shape index (κ3) is 3.53. The summed E-state index contributed by atoms with van der Waals surface area (Å²) in [7, 11) is 0. The van der Waals surface area contributed by atoms with Crippen molar-refractivity contribution in [2.24, 2.45) is 5.73 Å². The Hall–Kier alpha value is -3.42. The molecule has 3 N–H and O–H groups in total. The summed E-state index contributed by atoms with van der Waals surface area (Å²) < 4.78 is 28.7. The fourth-order valence-electron chi connectivity index (χ4n) is 3.63. The molecule has 1 saturated carbocycles.